The summed E-state index contributed by atoms with van der Waals surface area (Å²) in [5.41, 5.74) is 5.65. The Morgan fingerprint density at radius 1 is 0.511 bits per heavy atom. The molecule has 0 unspecified atom stereocenters. The number of thiophene rings is 1. The van der Waals surface area contributed by atoms with Gasteiger partial charge < -0.3 is 4.42 Å². The Kier molecular flexibility index (Phi) is 5.09. The lowest BCUT2D eigenvalue weighted by Gasteiger charge is -2.11. The van der Waals surface area contributed by atoms with E-state index < -0.39 is 0 Å². The molecule has 0 saturated heterocycles. The first-order chi connectivity index (χ1) is 22.3. The fraction of sp³-hybridized carbons (Fsp3) is 0. The molecule has 0 N–H and O–H groups in total. The van der Waals surface area contributed by atoms with Crippen LogP contribution in [0.5, 0.6) is 0 Å². The molecular weight excluding hydrogens is 573 g/mol. The van der Waals surface area contributed by atoms with Crippen LogP contribution in [0.1, 0.15) is 0 Å². The van der Waals surface area contributed by atoms with Gasteiger partial charge in [-0.05, 0) is 24.3 Å². The van der Waals surface area contributed by atoms with Crippen LogP contribution in [-0.4, -0.2) is 19.5 Å². The second-order valence-corrected chi connectivity index (χ2v) is 12.3. The molecule has 0 aliphatic carbocycles. The number of furan rings is 1. The van der Waals surface area contributed by atoms with E-state index in [9.17, 15) is 0 Å². The van der Waals surface area contributed by atoms with Gasteiger partial charge in [-0.3, -0.25) is 4.57 Å². The monoisotopic (exact) mass is 594 g/mol. The Bertz CT molecular complexity index is 2770. The summed E-state index contributed by atoms with van der Waals surface area (Å²) in [7, 11) is 0. The highest BCUT2D eigenvalue weighted by molar-refractivity contribution is 7.26. The number of rotatable bonds is 3. The molecule has 6 heteroatoms. The van der Waals surface area contributed by atoms with Gasteiger partial charge in [0.15, 0.2) is 11.6 Å². The lowest BCUT2D eigenvalue weighted by molar-refractivity contribution is 0.669. The maximum atomic E-state index is 6.25. The molecule has 0 radical (unpaired) electrons. The number of hydrogen-bond acceptors (Lipinski definition) is 5. The van der Waals surface area contributed by atoms with Crippen LogP contribution in [0.2, 0.25) is 0 Å². The van der Waals surface area contributed by atoms with E-state index in [2.05, 4.69) is 77.4 Å². The van der Waals surface area contributed by atoms with Gasteiger partial charge in [0.25, 0.3) is 0 Å². The molecule has 0 atom stereocenters. The van der Waals surface area contributed by atoms with Gasteiger partial charge in [-0.25, -0.2) is 4.98 Å². The van der Waals surface area contributed by atoms with Crippen LogP contribution in [0.15, 0.2) is 138 Å². The van der Waals surface area contributed by atoms with E-state index in [4.69, 9.17) is 19.4 Å². The summed E-state index contributed by atoms with van der Waals surface area (Å²) in [6, 6.07) is 46.0. The van der Waals surface area contributed by atoms with Gasteiger partial charge in [-0.2, -0.15) is 9.97 Å². The molecular formula is C39H22N4OS. The molecule has 0 saturated carbocycles. The second-order valence-electron chi connectivity index (χ2n) is 11.2. The van der Waals surface area contributed by atoms with Crippen molar-refractivity contribution in [1.82, 2.24) is 19.5 Å². The number of hydrogen-bond donors (Lipinski definition) is 0. The Morgan fingerprint density at radius 2 is 1.22 bits per heavy atom. The Balaban J connectivity index is 1.35. The van der Waals surface area contributed by atoms with Gasteiger partial charge in [0.1, 0.15) is 11.2 Å². The van der Waals surface area contributed by atoms with Gasteiger partial charge >= 0.3 is 0 Å². The first-order valence-corrected chi connectivity index (χ1v) is 15.7. The van der Waals surface area contributed by atoms with Gasteiger partial charge in [-0.1, -0.05) is 109 Å². The van der Waals surface area contributed by atoms with Crippen molar-refractivity contribution in [2.75, 3.05) is 0 Å². The first kappa shape index (κ1) is 24.6. The standard InChI is InChI=1S/C39H22N4OS/c1-2-11-23(12-3-1)37-40-38(29-16-10-19-32-34(29)28-15-5-8-18-31(28)44-32)42-39(41-37)43-30-17-7-4-13-24(30)26-21-22-27-25-14-6-9-20-33(25)45-36(27)35(26)43/h1-22H. The van der Waals surface area contributed by atoms with Gasteiger partial charge in [-0.15, -0.1) is 11.3 Å². The van der Waals surface area contributed by atoms with Crippen molar-refractivity contribution in [1.29, 1.82) is 0 Å². The third-order valence-electron chi connectivity index (χ3n) is 8.68. The van der Waals surface area contributed by atoms with E-state index in [1.165, 1.54) is 25.6 Å². The molecule has 0 bridgehead atoms. The van der Waals surface area contributed by atoms with E-state index >= 15 is 0 Å². The average Bonchev–Trinajstić information content (AvgIpc) is 3.78. The smallest absolute Gasteiger partial charge is 0.238 e. The van der Waals surface area contributed by atoms with Crippen molar-refractivity contribution >= 4 is 75.3 Å². The molecule has 4 heterocycles. The maximum absolute atomic E-state index is 6.25. The number of benzene rings is 6. The number of fused-ring (bicyclic) bond motifs is 10. The summed E-state index contributed by atoms with van der Waals surface area (Å²) in [5.74, 6) is 1.81. The number of para-hydroxylation sites is 2. The molecule has 5 nitrogen and oxygen atoms in total. The zero-order valence-corrected chi connectivity index (χ0v) is 24.6. The summed E-state index contributed by atoms with van der Waals surface area (Å²) in [5, 5.41) is 6.87. The van der Waals surface area contributed by atoms with E-state index in [1.54, 1.807) is 0 Å². The summed E-state index contributed by atoms with van der Waals surface area (Å²) in [6.07, 6.45) is 0. The molecule has 0 fully saturated rings. The fourth-order valence-corrected chi connectivity index (χ4v) is 7.94. The minimum atomic E-state index is 0.583. The van der Waals surface area contributed by atoms with Crippen molar-refractivity contribution in [3.05, 3.63) is 133 Å². The average molecular weight is 595 g/mol. The molecule has 0 aliphatic heterocycles. The van der Waals surface area contributed by atoms with Crippen molar-refractivity contribution in [2.45, 2.75) is 0 Å². The predicted octanol–water partition coefficient (Wildman–Crippen LogP) is 10.6. The largest absolute Gasteiger partial charge is 0.456 e. The molecule has 6 aromatic carbocycles. The topological polar surface area (TPSA) is 56.7 Å². The SMILES string of the molecule is c1ccc(-c2nc(-c3cccc4oc5ccccc5c34)nc(-n3c4ccccc4c4ccc5c6ccccc6sc5c43)n2)cc1. The van der Waals surface area contributed by atoms with Crippen molar-refractivity contribution in [3.8, 4) is 28.7 Å². The van der Waals surface area contributed by atoms with Crippen LogP contribution in [0.3, 0.4) is 0 Å². The van der Waals surface area contributed by atoms with E-state index in [0.717, 1.165) is 49.5 Å². The number of nitrogens with zero attached hydrogens (tertiary/aromatic N) is 4. The van der Waals surface area contributed by atoms with Crippen LogP contribution >= 0.6 is 11.3 Å². The van der Waals surface area contributed by atoms with Gasteiger partial charge in [0.2, 0.25) is 5.95 Å². The van der Waals surface area contributed by atoms with Crippen LogP contribution < -0.4 is 0 Å². The summed E-state index contributed by atoms with van der Waals surface area (Å²) >= 11 is 1.82. The van der Waals surface area contributed by atoms with Crippen molar-refractivity contribution < 1.29 is 4.42 Å². The number of aromatic nitrogens is 4. The minimum Gasteiger partial charge on any atom is -0.456 e. The third kappa shape index (κ3) is 3.57. The summed E-state index contributed by atoms with van der Waals surface area (Å²) < 4.78 is 11.0. The lowest BCUT2D eigenvalue weighted by atomic mass is 10.1. The normalized spacial score (nSPS) is 12.0. The summed E-state index contributed by atoms with van der Waals surface area (Å²) in [6.45, 7) is 0. The summed E-state index contributed by atoms with van der Waals surface area (Å²) in [4.78, 5) is 15.6. The Labute approximate surface area is 260 Å². The van der Waals surface area contributed by atoms with Crippen LogP contribution in [0.25, 0.3) is 92.6 Å². The van der Waals surface area contributed by atoms with Gasteiger partial charge in [0.05, 0.1) is 15.7 Å². The molecule has 0 spiro atoms. The molecule has 10 aromatic rings. The highest BCUT2D eigenvalue weighted by Gasteiger charge is 2.22. The highest BCUT2D eigenvalue weighted by Crippen LogP contribution is 2.43. The molecule has 4 aromatic heterocycles. The van der Waals surface area contributed by atoms with Gasteiger partial charge in [0, 0.05) is 48.1 Å². The maximum Gasteiger partial charge on any atom is 0.238 e. The Hall–Kier alpha value is -5.85. The second kappa shape index (κ2) is 9.32. The van der Waals surface area contributed by atoms with Crippen molar-refractivity contribution in [2.24, 2.45) is 0 Å². The zero-order valence-electron chi connectivity index (χ0n) is 23.8. The molecule has 10 rings (SSSR count). The van der Waals surface area contributed by atoms with E-state index in [-0.39, 0.29) is 0 Å². The quantitative estimate of drug-likeness (QED) is 0.204. The zero-order chi connectivity index (χ0) is 29.5. The molecule has 0 amide bonds. The third-order valence-corrected chi connectivity index (χ3v) is 9.87. The minimum absolute atomic E-state index is 0.583. The molecule has 45 heavy (non-hydrogen) atoms. The fourth-order valence-electron chi connectivity index (χ4n) is 6.70. The Morgan fingerprint density at radius 3 is 2.13 bits per heavy atom. The van der Waals surface area contributed by atoms with E-state index in [0.29, 0.717) is 17.6 Å². The molecule has 210 valence electrons. The van der Waals surface area contributed by atoms with Crippen LogP contribution in [0, 0.1) is 0 Å². The first-order valence-electron chi connectivity index (χ1n) is 14.9. The van der Waals surface area contributed by atoms with Crippen LogP contribution in [0.4, 0.5) is 0 Å². The molecule has 0 aliphatic rings. The van der Waals surface area contributed by atoms with E-state index in [1.807, 2.05) is 72.0 Å². The lowest BCUT2D eigenvalue weighted by Crippen LogP contribution is -2.06. The van der Waals surface area contributed by atoms with Crippen molar-refractivity contribution in [3.63, 3.8) is 0 Å². The van der Waals surface area contributed by atoms with Crippen LogP contribution in [-0.2, 0) is 0 Å². The highest BCUT2D eigenvalue weighted by atomic mass is 32.1. The predicted molar refractivity (Wildman–Crippen MR) is 185 cm³/mol.